The molecule has 158 valence electrons. The van der Waals surface area contributed by atoms with Crippen molar-refractivity contribution in [3.05, 3.63) is 65.3 Å². The van der Waals surface area contributed by atoms with Crippen LogP contribution in [0.1, 0.15) is 18.5 Å². The molecule has 0 spiro atoms. The summed E-state index contributed by atoms with van der Waals surface area (Å²) in [5.74, 6) is 1.31. The van der Waals surface area contributed by atoms with E-state index in [0.29, 0.717) is 27.9 Å². The first kappa shape index (κ1) is 22.2. The van der Waals surface area contributed by atoms with Crippen molar-refractivity contribution in [3.63, 3.8) is 0 Å². The summed E-state index contributed by atoms with van der Waals surface area (Å²) in [4.78, 5) is 12.5. The predicted molar refractivity (Wildman–Crippen MR) is 119 cm³/mol. The van der Waals surface area contributed by atoms with E-state index in [9.17, 15) is 4.79 Å². The highest BCUT2D eigenvalue weighted by molar-refractivity contribution is 6.30. The van der Waals surface area contributed by atoms with Gasteiger partial charge in [0.15, 0.2) is 5.76 Å². The van der Waals surface area contributed by atoms with Crippen LogP contribution in [-0.4, -0.2) is 24.2 Å². The minimum Gasteiger partial charge on any atom is -0.485 e. The molecule has 0 saturated carbocycles. The van der Waals surface area contributed by atoms with Crippen LogP contribution in [0.4, 0.5) is 5.69 Å². The van der Waals surface area contributed by atoms with Crippen LogP contribution in [0.15, 0.2) is 59.1 Å². The fourth-order valence-electron chi connectivity index (χ4n) is 3.30. The van der Waals surface area contributed by atoms with Crippen LogP contribution < -0.4 is 15.4 Å². The van der Waals surface area contributed by atoms with Crippen molar-refractivity contribution in [2.75, 3.05) is 18.4 Å². The quantitative estimate of drug-likeness (QED) is 0.559. The van der Waals surface area contributed by atoms with Crippen LogP contribution in [0.2, 0.25) is 5.02 Å². The molecule has 0 radical (unpaired) electrons. The molecule has 2 heterocycles. The number of rotatable bonds is 6. The number of nitrogens with zero attached hydrogens (tertiary/aromatic N) is 1. The summed E-state index contributed by atoms with van der Waals surface area (Å²) in [7, 11) is 0. The Balaban J connectivity index is 0.00000256. The molecule has 1 fully saturated rings. The van der Waals surface area contributed by atoms with Crippen molar-refractivity contribution in [3.8, 4) is 17.1 Å². The average Bonchev–Trinajstić information content (AvgIpc) is 3.23. The third-order valence-corrected chi connectivity index (χ3v) is 5.17. The molecule has 4 rings (SSSR count). The number of anilines is 1. The third kappa shape index (κ3) is 5.53. The number of halogens is 2. The molecule has 0 unspecified atom stereocenters. The Hall–Kier alpha value is -2.54. The second kappa shape index (κ2) is 10.5. The lowest BCUT2D eigenvalue weighted by atomic mass is 9.97. The van der Waals surface area contributed by atoms with Crippen molar-refractivity contribution in [2.24, 2.45) is 5.92 Å². The molecule has 1 aliphatic rings. The zero-order valence-corrected chi connectivity index (χ0v) is 17.8. The Morgan fingerprint density at radius 1 is 1.17 bits per heavy atom. The molecule has 0 atom stereocenters. The van der Waals surface area contributed by atoms with Gasteiger partial charge in [0.25, 0.3) is 0 Å². The molecule has 2 aromatic carbocycles. The van der Waals surface area contributed by atoms with Gasteiger partial charge in [0.1, 0.15) is 18.1 Å². The molecular formula is C22H23Cl2N3O3. The number of hydrogen-bond donors (Lipinski definition) is 2. The molecule has 0 aliphatic carbocycles. The first-order chi connectivity index (χ1) is 14.2. The van der Waals surface area contributed by atoms with Gasteiger partial charge in [-0.3, -0.25) is 4.79 Å². The third-order valence-electron chi connectivity index (χ3n) is 4.92. The molecule has 1 amide bonds. The average molecular weight is 448 g/mol. The van der Waals surface area contributed by atoms with Gasteiger partial charge in [0.05, 0.1) is 5.69 Å². The first-order valence-corrected chi connectivity index (χ1v) is 10.0. The van der Waals surface area contributed by atoms with E-state index < -0.39 is 0 Å². The van der Waals surface area contributed by atoms with Crippen molar-refractivity contribution in [1.29, 1.82) is 0 Å². The molecule has 1 aromatic heterocycles. The molecule has 3 aromatic rings. The number of hydrogen-bond acceptors (Lipinski definition) is 5. The number of amides is 1. The van der Waals surface area contributed by atoms with E-state index in [1.54, 1.807) is 12.1 Å². The van der Waals surface area contributed by atoms with E-state index in [-0.39, 0.29) is 30.8 Å². The summed E-state index contributed by atoms with van der Waals surface area (Å²) in [5, 5.41) is 11.0. The van der Waals surface area contributed by atoms with Gasteiger partial charge < -0.3 is 19.9 Å². The van der Waals surface area contributed by atoms with Crippen LogP contribution in [0.5, 0.6) is 5.75 Å². The van der Waals surface area contributed by atoms with E-state index in [2.05, 4.69) is 15.8 Å². The highest BCUT2D eigenvalue weighted by atomic mass is 35.5. The van der Waals surface area contributed by atoms with E-state index in [0.717, 1.165) is 31.5 Å². The lowest BCUT2D eigenvalue weighted by Gasteiger charge is -2.22. The Kier molecular flexibility index (Phi) is 7.74. The Bertz CT molecular complexity index is 970. The molecule has 8 heteroatoms. The normalized spacial score (nSPS) is 14.0. The van der Waals surface area contributed by atoms with Crippen LogP contribution in [0, 0.1) is 5.92 Å². The molecule has 2 N–H and O–H groups in total. The lowest BCUT2D eigenvalue weighted by molar-refractivity contribution is -0.120. The molecule has 6 nitrogen and oxygen atoms in total. The zero-order chi connectivity index (χ0) is 20.1. The lowest BCUT2D eigenvalue weighted by Crippen LogP contribution is -2.34. The van der Waals surface area contributed by atoms with E-state index in [4.69, 9.17) is 20.9 Å². The van der Waals surface area contributed by atoms with Crippen molar-refractivity contribution < 1.29 is 14.1 Å². The molecule has 0 bridgehead atoms. The highest BCUT2D eigenvalue weighted by Crippen LogP contribution is 2.27. The number of ether oxygens (including phenoxy) is 1. The van der Waals surface area contributed by atoms with Gasteiger partial charge >= 0.3 is 0 Å². The number of piperidine rings is 1. The van der Waals surface area contributed by atoms with Gasteiger partial charge in [-0.1, -0.05) is 28.9 Å². The smallest absolute Gasteiger partial charge is 0.227 e. The van der Waals surface area contributed by atoms with Crippen LogP contribution in [0.25, 0.3) is 11.3 Å². The van der Waals surface area contributed by atoms with Gasteiger partial charge in [-0.25, -0.2) is 0 Å². The minimum atomic E-state index is 0. The summed E-state index contributed by atoms with van der Waals surface area (Å²) in [6, 6.07) is 16.6. The Morgan fingerprint density at radius 2 is 1.90 bits per heavy atom. The fourth-order valence-corrected chi connectivity index (χ4v) is 3.42. The SMILES string of the molecule is Cl.O=C(Nc1ccccc1OCc1cc(-c2ccc(Cl)cc2)on1)C1CCNCC1. The maximum absolute atomic E-state index is 12.5. The largest absolute Gasteiger partial charge is 0.485 e. The number of carbonyl (C=O) groups excluding carboxylic acids is 1. The first-order valence-electron chi connectivity index (χ1n) is 9.64. The topological polar surface area (TPSA) is 76.4 Å². The van der Waals surface area contributed by atoms with E-state index >= 15 is 0 Å². The minimum absolute atomic E-state index is 0. The highest BCUT2D eigenvalue weighted by Gasteiger charge is 2.21. The van der Waals surface area contributed by atoms with E-state index in [1.807, 2.05) is 42.5 Å². The maximum atomic E-state index is 12.5. The standard InChI is InChI=1S/C22H22ClN3O3.ClH/c23-17-7-5-15(6-8-17)21-13-18(26-29-21)14-28-20-4-2-1-3-19(20)25-22(27)16-9-11-24-12-10-16;/h1-8,13,16,24H,9-12,14H2,(H,25,27);1H. The number of nitrogens with one attached hydrogen (secondary N) is 2. The summed E-state index contributed by atoms with van der Waals surface area (Å²) < 4.78 is 11.3. The van der Waals surface area contributed by atoms with Crippen LogP contribution >= 0.6 is 24.0 Å². The second-order valence-electron chi connectivity index (χ2n) is 6.99. The molecule has 1 aliphatic heterocycles. The van der Waals surface area contributed by atoms with Gasteiger partial charge in [0, 0.05) is 22.6 Å². The number of para-hydroxylation sites is 2. The fraction of sp³-hybridized carbons (Fsp3) is 0.273. The maximum Gasteiger partial charge on any atom is 0.227 e. The number of benzene rings is 2. The molecule has 30 heavy (non-hydrogen) atoms. The summed E-state index contributed by atoms with van der Waals surface area (Å²) in [6.07, 6.45) is 1.70. The summed E-state index contributed by atoms with van der Waals surface area (Å²) in [6.45, 7) is 1.98. The Morgan fingerprint density at radius 3 is 2.67 bits per heavy atom. The van der Waals surface area contributed by atoms with Gasteiger partial charge in [0.2, 0.25) is 5.91 Å². The van der Waals surface area contributed by atoms with Gasteiger partial charge in [-0.05, 0) is 62.3 Å². The summed E-state index contributed by atoms with van der Waals surface area (Å²) >= 11 is 5.92. The molecular weight excluding hydrogens is 425 g/mol. The van der Waals surface area contributed by atoms with Crippen molar-refractivity contribution in [2.45, 2.75) is 19.4 Å². The summed E-state index contributed by atoms with van der Waals surface area (Å²) in [5.41, 5.74) is 2.22. The number of aromatic nitrogens is 1. The monoisotopic (exact) mass is 447 g/mol. The second-order valence-corrected chi connectivity index (χ2v) is 7.42. The molecule has 1 saturated heterocycles. The predicted octanol–water partition coefficient (Wildman–Crippen LogP) is 4.93. The zero-order valence-electron chi connectivity index (χ0n) is 16.3. The van der Waals surface area contributed by atoms with Crippen molar-refractivity contribution in [1.82, 2.24) is 10.5 Å². The Labute approximate surface area is 186 Å². The van der Waals surface area contributed by atoms with E-state index in [1.165, 1.54) is 0 Å². The van der Waals surface area contributed by atoms with Crippen LogP contribution in [0.3, 0.4) is 0 Å². The van der Waals surface area contributed by atoms with Gasteiger partial charge in [-0.2, -0.15) is 0 Å². The van der Waals surface area contributed by atoms with Crippen LogP contribution in [-0.2, 0) is 11.4 Å². The van der Waals surface area contributed by atoms with Gasteiger partial charge in [-0.15, -0.1) is 12.4 Å². The van der Waals surface area contributed by atoms with Crippen molar-refractivity contribution >= 4 is 35.6 Å². The number of carbonyl (C=O) groups is 1.